The number of rotatable bonds is 3. The molecular weight excluding hydrogens is 155 g/mol. The zero-order chi connectivity index (χ0) is 8.97. The highest BCUT2D eigenvalue weighted by Crippen LogP contribution is 2.22. The summed E-state index contributed by atoms with van der Waals surface area (Å²) < 4.78 is 9.94. The van der Waals surface area contributed by atoms with Crippen molar-refractivity contribution in [1.29, 1.82) is 0 Å². The number of nitrogens with zero attached hydrogens (tertiary/aromatic N) is 2. The van der Waals surface area contributed by atoms with Gasteiger partial charge >= 0.3 is 0 Å². The highest BCUT2D eigenvalue weighted by molar-refractivity contribution is 6.08. The zero-order valence-electron chi connectivity index (χ0n) is 7.07. The van der Waals surface area contributed by atoms with Gasteiger partial charge in [0.2, 0.25) is 11.8 Å². The maximum Gasteiger partial charge on any atom is 0.222 e. The summed E-state index contributed by atoms with van der Waals surface area (Å²) in [6.45, 7) is 0. The van der Waals surface area contributed by atoms with Gasteiger partial charge in [-0.15, -0.1) is 0 Å². The molecule has 0 aliphatic rings. The molecule has 62 valence electrons. The van der Waals surface area contributed by atoms with E-state index in [9.17, 15) is 0 Å². The quantitative estimate of drug-likeness (QED) is 0.597. The summed E-state index contributed by atoms with van der Waals surface area (Å²) in [5.74, 6) is 0.925. The highest BCUT2D eigenvalue weighted by atomic mass is 16.5. The van der Waals surface area contributed by atoms with E-state index in [1.54, 1.807) is 0 Å². The van der Waals surface area contributed by atoms with Crippen molar-refractivity contribution in [3.05, 3.63) is 11.9 Å². The van der Waals surface area contributed by atoms with Gasteiger partial charge in [0.05, 0.1) is 27.6 Å². The third kappa shape index (κ3) is 1.49. The van der Waals surface area contributed by atoms with Crippen molar-refractivity contribution in [1.82, 2.24) is 9.97 Å². The monoisotopic (exact) mass is 164 g/mol. The minimum Gasteiger partial charge on any atom is -0.481 e. The Morgan fingerprint density at radius 2 is 1.75 bits per heavy atom. The standard InChI is InChI=1S/C7H9BN2O2/c1-11-6-5(3-8)7(12-2)10-4-9-6/h4H,3H2,1-2H3. The minimum atomic E-state index is 0.299. The number of hydrogen-bond acceptors (Lipinski definition) is 4. The lowest BCUT2D eigenvalue weighted by atomic mass is 9.98. The predicted molar refractivity (Wildman–Crippen MR) is 44.6 cm³/mol. The van der Waals surface area contributed by atoms with Gasteiger partial charge in [0.15, 0.2) is 0 Å². The van der Waals surface area contributed by atoms with Gasteiger partial charge in [-0.05, 0) is 0 Å². The van der Waals surface area contributed by atoms with E-state index in [2.05, 4.69) is 9.97 Å². The largest absolute Gasteiger partial charge is 0.481 e. The van der Waals surface area contributed by atoms with Crippen molar-refractivity contribution in [2.75, 3.05) is 14.2 Å². The van der Waals surface area contributed by atoms with Crippen molar-refractivity contribution in [3.8, 4) is 11.8 Å². The summed E-state index contributed by atoms with van der Waals surface area (Å²) in [6.07, 6.45) is 1.67. The lowest BCUT2D eigenvalue weighted by molar-refractivity contribution is 0.365. The normalized spacial score (nSPS) is 9.50. The van der Waals surface area contributed by atoms with Crippen LogP contribution in [0.1, 0.15) is 5.56 Å². The Morgan fingerprint density at radius 3 is 2.08 bits per heavy atom. The molecule has 0 saturated heterocycles. The first-order valence-corrected chi connectivity index (χ1v) is 3.45. The first-order valence-electron chi connectivity index (χ1n) is 3.45. The molecule has 5 heteroatoms. The topological polar surface area (TPSA) is 44.2 Å². The fraction of sp³-hybridized carbons (Fsp3) is 0.429. The zero-order valence-corrected chi connectivity index (χ0v) is 7.07. The van der Waals surface area contributed by atoms with Gasteiger partial charge < -0.3 is 9.47 Å². The molecule has 0 N–H and O–H groups in total. The molecule has 2 radical (unpaired) electrons. The predicted octanol–water partition coefficient (Wildman–Crippen LogP) is 0.162. The van der Waals surface area contributed by atoms with Gasteiger partial charge in [-0.1, -0.05) is 6.32 Å². The van der Waals surface area contributed by atoms with Crippen LogP contribution in [-0.2, 0) is 6.32 Å². The fourth-order valence-corrected chi connectivity index (χ4v) is 0.907. The summed E-state index contributed by atoms with van der Waals surface area (Å²) in [7, 11) is 8.52. The second kappa shape index (κ2) is 3.94. The Hall–Kier alpha value is -1.26. The van der Waals surface area contributed by atoms with E-state index in [-0.39, 0.29) is 0 Å². The number of ether oxygens (including phenoxy) is 2. The number of methoxy groups -OCH3 is 2. The highest BCUT2D eigenvalue weighted by Gasteiger charge is 2.08. The fourth-order valence-electron chi connectivity index (χ4n) is 0.907. The van der Waals surface area contributed by atoms with Crippen molar-refractivity contribution >= 4 is 7.85 Å². The molecular formula is C7H9BN2O2. The lowest BCUT2D eigenvalue weighted by Gasteiger charge is -2.07. The molecule has 0 atom stereocenters. The van der Waals surface area contributed by atoms with E-state index >= 15 is 0 Å². The Balaban J connectivity index is 3.13. The second-order valence-electron chi connectivity index (χ2n) is 2.07. The van der Waals surface area contributed by atoms with Crippen LogP contribution in [0.4, 0.5) is 0 Å². The van der Waals surface area contributed by atoms with Gasteiger partial charge in [0, 0.05) is 0 Å². The van der Waals surface area contributed by atoms with Crippen molar-refractivity contribution in [2.45, 2.75) is 6.32 Å². The second-order valence-corrected chi connectivity index (χ2v) is 2.07. The van der Waals surface area contributed by atoms with Crippen molar-refractivity contribution < 1.29 is 9.47 Å². The molecule has 1 aromatic rings. The smallest absolute Gasteiger partial charge is 0.222 e. The third-order valence-electron chi connectivity index (χ3n) is 1.46. The molecule has 0 saturated carbocycles. The summed E-state index contributed by atoms with van der Waals surface area (Å²) >= 11 is 0. The lowest BCUT2D eigenvalue weighted by Crippen LogP contribution is -2.00. The summed E-state index contributed by atoms with van der Waals surface area (Å²) in [5.41, 5.74) is 0.683. The Bertz CT molecular complexity index is 245. The minimum absolute atomic E-state index is 0.299. The molecule has 0 bridgehead atoms. The van der Waals surface area contributed by atoms with E-state index in [1.807, 2.05) is 0 Å². The maximum atomic E-state index is 5.46. The number of hydrogen-bond donors (Lipinski definition) is 0. The first-order chi connectivity index (χ1) is 5.83. The van der Waals surface area contributed by atoms with Crippen molar-refractivity contribution in [2.24, 2.45) is 0 Å². The molecule has 0 unspecified atom stereocenters. The van der Waals surface area contributed by atoms with E-state index in [4.69, 9.17) is 17.3 Å². The van der Waals surface area contributed by atoms with Gasteiger partial charge in [-0.2, -0.15) is 0 Å². The van der Waals surface area contributed by atoms with Crippen LogP contribution in [0.15, 0.2) is 6.33 Å². The summed E-state index contributed by atoms with van der Waals surface area (Å²) in [5, 5.41) is 0. The van der Waals surface area contributed by atoms with Gasteiger partial charge in [-0.25, -0.2) is 9.97 Å². The molecule has 0 aliphatic heterocycles. The average Bonchev–Trinajstić information content (AvgIpc) is 2.16. The van der Waals surface area contributed by atoms with Crippen LogP contribution in [0.25, 0.3) is 0 Å². The van der Waals surface area contributed by atoms with E-state index < -0.39 is 0 Å². The van der Waals surface area contributed by atoms with Crippen LogP contribution in [0, 0.1) is 0 Å². The third-order valence-corrected chi connectivity index (χ3v) is 1.46. The molecule has 0 aromatic carbocycles. The van der Waals surface area contributed by atoms with Gasteiger partial charge in [-0.3, -0.25) is 0 Å². The Labute approximate surface area is 72.3 Å². The molecule has 0 amide bonds. The van der Waals surface area contributed by atoms with Gasteiger partial charge in [0.1, 0.15) is 6.33 Å². The van der Waals surface area contributed by atoms with E-state index in [0.29, 0.717) is 23.6 Å². The first kappa shape index (κ1) is 8.84. The Morgan fingerprint density at radius 1 is 1.25 bits per heavy atom. The molecule has 4 nitrogen and oxygen atoms in total. The van der Waals surface area contributed by atoms with Crippen LogP contribution in [0.2, 0.25) is 0 Å². The summed E-state index contributed by atoms with van der Waals surface area (Å²) in [6, 6.07) is 0. The van der Waals surface area contributed by atoms with E-state index in [0.717, 1.165) is 0 Å². The van der Waals surface area contributed by atoms with E-state index in [1.165, 1.54) is 20.5 Å². The molecule has 0 spiro atoms. The van der Waals surface area contributed by atoms with Crippen LogP contribution >= 0.6 is 0 Å². The molecule has 1 aromatic heterocycles. The molecule has 0 fully saturated rings. The molecule has 12 heavy (non-hydrogen) atoms. The molecule has 0 aliphatic carbocycles. The molecule has 1 rings (SSSR count). The van der Waals surface area contributed by atoms with Crippen molar-refractivity contribution in [3.63, 3.8) is 0 Å². The molecule has 1 heterocycles. The van der Waals surface area contributed by atoms with Crippen LogP contribution in [0.3, 0.4) is 0 Å². The average molecular weight is 164 g/mol. The summed E-state index contributed by atoms with van der Waals surface area (Å²) in [4.78, 5) is 7.77. The number of aromatic nitrogens is 2. The SMILES string of the molecule is [B]Cc1c(OC)ncnc1OC. The van der Waals surface area contributed by atoms with Crippen LogP contribution in [0.5, 0.6) is 11.8 Å². The Kier molecular flexibility index (Phi) is 2.91. The van der Waals surface area contributed by atoms with Gasteiger partial charge in [0.25, 0.3) is 0 Å². The van der Waals surface area contributed by atoms with Crippen LogP contribution < -0.4 is 9.47 Å². The maximum absolute atomic E-state index is 5.46. The van der Waals surface area contributed by atoms with Crippen LogP contribution in [-0.4, -0.2) is 32.0 Å².